The average Bonchev–Trinajstić information content (AvgIpc) is 2.93. The van der Waals surface area contributed by atoms with Crippen LogP contribution in [-0.2, 0) is 17.9 Å². The second kappa shape index (κ2) is 6.83. The summed E-state index contributed by atoms with van der Waals surface area (Å²) >= 11 is 0. The average molecular weight is 287 g/mol. The fourth-order valence-corrected chi connectivity index (χ4v) is 2.21. The maximum absolute atomic E-state index is 11.1. The number of amides is 1. The highest BCUT2D eigenvalue weighted by Gasteiger charge is 2.06. The molecule has 21 heavy (non-hydrogen) atoms. The third-order valence-corrected chi connectivity index (χ3v) is 3.25. The van der Waals surface area contributed by atoms with E-state index >= 15 is 0 Å². The number of aryl methyl sites for hydroxylation is 1. The zero-order chi connectivity index (χ0) is 15.2. The Morgan fingerprint density at radius 2 is 2.14 bits per heavy atom. The molecule has 2 rings (SSSR count). The van der Waals surface area contributed by atoms with Crippen LogP contribution in [-0.4, -0.2) is 17.6 Å². The van der Waals surface area contributed by atoms with Crippen LogP contribution in [0.5, 0.6) is 5.75 Å². The van der Waals surface area contributed by atoms with Gasteiger partial charge in [0.15, 0.2) is 0 Å². The lowest BCUT2D eigenvalue weighted by Crippen LogP contribution is -2.08. The van der Waals surface area contributed by atoms with Crippen LogP contribution < -0.4 is 15.4 Å². The Morgan fingerprint density at radius 3 is 2.81 bits per heavy atom. The second-order valence-electron chi connectivity index (χ2n) is 4.74. The first-order chi connectivity index (χ1) is 10.1. The smallest absolute Gasteiger partial charge is 0.221 e. The summed E-state index contributed by atoms with van der Waals surface area (Å²) in [6.07, 6.45) is 2.07. The number of carbonyl (C=O) groups is 1. The van der Waals surface area contributed by atoms with Crippen LogP contribution in [0.2, 0.25) is 0 Å². The molecule has 1 heterocycles. The highest BCUT2D eigenvalue weighted by atomic mass is 16.5. The minimum Gasteiger partial charge on any atom is -0.494 e. The Balaban J connectivity index is 2.08. The third-order valence-electron chi connectivity index (χ3n) is 3.25. The predicted octanol–water partition coefficient (Wildman–Crippen LogP) is 3.09. The van der Waals surface area contributed by atoms with Crippen molar-refractivity contribution in [1.29, 1.82) is 0 Å². The minimum absolute atomic E-state index is 0.116. The fraction of sp³-hybridized carbons (Fsp3) is 0.312. The third kappa shape index (κ3) is 3.78. The summed E-state index contributed by atoms with van der Waals surface area (Å²) in [5.74, 6) is 0.524. The lowest BCUT2D eigenvalue weighted by Gasteiger charge is -2.13. The van der Waals surface area contributed by atoms with Crippen LogP contribution in [0.1, 0.15) is 19.5 Å². The van der Waals surface area contributed by atoms with Gasteiger partial charge in [-0.05, 0) is 31.2 Å². The number of benzene rings is 1. The number of carbonyl (C=O) groups excluding carboxylic acids is 1. The molecule has 0 unspecified atom stereocenters. The lowest BCUT2D eigenvalue weighted by atomic mass is 10.2. The number of anilines is 2. The van der Waals surface area contributed by atoms with Gasteiger partial charge in [0.2, 0.25) is 5.91 Å². The number of hydrogen-bond donors (Lipinski definition) is 2. The summed E-state index contributed by atoms with van der Waals surface area (Å²) in [5.41, 5.74) is 2.85. The van der Waals surface area contributed by atoms with E-state index in [-0.39, 0.29) is 5.91 Å². The summed E-state index contributed by atoms with van der Waals surface area (Å²) in [5, 5.41) is 6.11. The van der Waals surface area contributed by atoms with Crippen LogP contribution >= 0.6 is 0 Å². The Bertz CT molecular complexity index is 620. The molecule has 0 saturated heterocycles. The van der Waals surface area contributed by atoms with Crippen molar-refractivity contribution in [2.24, 2.45) is 0 Å². The summed E-state index contributed by atoms with van der Waals surface area (Å²) in [7, 11) is 1.59. The molecule has 0 atom stereocenters. The maximum Gasteiger partial charge on any atom is 0.221 e. The van der Waals surface area contributed by atoms with Gasteiger partial charge < -0.3 is 19.9 Å². The van der Waals surface area contributed by atoms with Gasteiger partial charge in [-0.3, -0.25) is 4.79 Å². The molecule has 0 fully saturated rings. The summed E-state index contributed by atoms with van der Waals surface area (Å²) in [6.45, 7) is 5.29. The number of methoxy groups -OCH3 is 1. The first-order valence-corrected chi connectivity index (χ1v) is 6.97. The van der Waals surface area contributed by atoms with Crippen molar-refractivity contribution in [1.82, 2.24) is 4.57 Å². The molecule has 0 bridgehead atoms. The molecular formula is C16H21N3O2. The highest BCUT2D eigenvalue weighted by Crippen LogP contribution is 2.28. The molecule has 2 N–H and O–H groups in total. The van der Waals surface area contributed by atoms with E-state index < -0.39 is 0 Å². The van der Waals surface area contributed by atoms with Crippen molar-refractivity contribution in [2.45, 2.75) is 26.9 Å². The van der Waals surface area contributed by atoms with Crippen LogP contribution in [0.25, 0.3) is 0 Å². The molecule has 1 amide bonds. The summed E-state index contributed by atoms with van der Waals surface area (Å²) in [4.78, 5) is 11.1. The second-order valence-corrected chi connectivity index (χ2v) is 4.74. The monoisotopic (exact) mass is 287 g/mol. The molecule has 112 valence electrons. The summed E-state index contributed by atoms with van der Waals surface area (Å²) in [6, 6.07) is 9.78. The van der Waals surface area contributed by atoms with E-state index in [0.717, 1.165) is 18.8 Å². The standard InChI is InChI=1S/C16H21N3O2/c1-4-19-9-5-6-14(19)11-17-13-7-8-15(18-12(2)20)16(10-13)21-3/h5-10,17H,4,11H2,1-3H3,(H,18,20). The SMILES string of the molecule is CCn1cccc1CNc1ccc(NC(C)=O)c(OC)c1. The largest absolute Gasteiger partial charge is 0.494 e. The molecule has 1 aromatic carbocycles. The molecule has 0 spiro atoms. The van der Waals surface area contributed by atoms with Gasteiger partial charge in [-0.2, -0.15) is 0 Å². The quantitative estimate of drug-likeness (QED) is 0.858. The van der Waals surface area contributed by atoms with Crippen LogP contribution in [0.4, 0.5) is 11.4 Å². The number of hydrogen-bond acceptors (Lipinski definition) is 3. The topological polar surface area (TPSA) is 55.3 Å². The van der Waals surface area contributed by atoms with E-state index in [2.05, 4.69) is 34.4 Å². The number of aromatic nitrogens is 1. The fourth-order valence-electron chi connectivity index (χ4n) is 2.21. The number of nitrogens with zero attached hydrogens (tertiary/aromatic N) is 1. The maximum atomic E-state index is 11.1. The van der Waals surface area contributed by atoms with Crippen molar-refractivity contribution in [3.05, 3.63) is 42.2 Å². The lowest BCUT2D eigenvalue weighted by molar-refractivity contribution is -0.114. The van der Waals surface area contributed by atoms with Gasteiger partial charge in [-0.25, -0.2) is 0 Å². The normalized spacial score (nSPS) is 10.2. The van der Waals surface area contributed by atoms with E-state index in [9.17, 15) is 4.79 Å². The molecule has 0 saturated carbocycles. The van der Waals surface area contributed by atoms with Crippen molar-refractivity contribution in [3.63, 3.8) is 0 Å². The molecule has 5 nitrogen and oxygen atoms in total. The Kier molecular flexibility index (Phi) is 4.87. The van der Waals surface area contributed by atoms with Crippen LogP contribution in [0.15, 0.2) is 36.5 Å². The van der Waals surface area contributed by atoms with Gasteiger partial charge in [0.05, 0.1) is 19.3 Å². The van der Waals surface area contributed by atoms with Gasteiger partial charge in [0.25, 0.3) is 0 Å². The molecule has 5 heteroatoms. The molecule has 0 aliphatic rings. The van der Waals surface area contributed by atoms with Gasteiger partial charge in [-0.15, -0.1) is 0 Å². The van der Waals surface area contributed by atoms with Gasteiger partial charge in [0.1, 0.15) is 5.75 Å². The Hall–Kier alpha value is -2.43. The minimum atomic E-state index is -0.116. The van der Waals surface area contributed by atoms with E-state index in [1.165, 1.54) is 12.6 Å². The number of ether oxygens (including phenoxy) is 1. The molecular weight excluding hydrogens is 266 g/mol. The Morgan fingerprint density at radius 1 is 1.33 bits per heavy atom. The van der Waals surface area contributed by atoms with Gasteiger partial charge >= 0.3 is 0 Å². The van der Waals surface area contributed by atoms with Crippen molar-refractivity contribution in [3.8, 4) is 5.75 Å². The van der Waals surface area contributed by atoms with Crippen molar-refractivity contribution in [2.75, 3.05) is 17.7 Å². The van der Waals surface area contributed by atoms with Crippen molar-refractivity contribution < 1.29 is 9.53 Å². The molecule has 1 aromatic heterocycles. The zero-order valence-corrected chi connectivity index (χ0v) is 12.6. The van der Waals surface area contributed by atoms with Gasteiger partial charge in [-0.1, -0.05) is 0 Å². The molecule has 2 aromatic rings. The van der Waals surface area contributed by atoms with Crippen LogP contribution in [0, 0.1) is 0 Å². The van der Waals surface area contributed by atoms with E-state index in [1.807, 2.05) is 24.3 Å². The first-order valence-electron chi connectivity index (χ1n) is 6.97. The van der Waals surface area contributed by atoms with Crippen LogP contribution in [0.3, 0.4) is 0 Å². The highest BCUT2D eigenvalue weighted by molar-refractivity contribution is 5.90. The van der Waals surface area contributed by atoms with Crippen molar-refractivity contribution >= 4 is 17.3 Å². The predicted molar refractivity (Wildman–Crippen MR) is 84.7 cm³/mol. The van der Waals surface area contributed by atoms with E-state index in [0.29, 0.717) is 11.4 Å². The molecule has 0 aliphatic carbocycles. The van der Waals surface area contributed by atoms with Gasteiger partial charge in [0, 0.05) is 37.1 Å². The Labute approximate surface area is 124 Å². The van der Waals surface area contributed by atoms with E-state index in [4.69, 9.17) is 4.74 Å². The summed E-state index contributed by atoms with van der Waals surface area (Å²) < 4.78 is 7.50. The first kappa shape index (κ1) is 15.0. The zero-order valence-electron chi connectivity index (χ0n) is 12.6. The number of rotatable bonds is 6. The van der Waals surface area contributed by atoms with E-state index in [1.54, 1.807) is 7.11 Å². The number of nitrogens with one attached hydrogen (secondary N) is 2. The molecule has 0 radical (unpaired) electrons. The molecule has 0 aliphatic heterocycles.